The number of Topliss-reactive ketones (excluding diaryl/α,β-unsaturated/α-hetero) is 1. The molecule has 17 heavy (non-hydrogen) atoms. The molecule has 0 radical (unpaired) electrons. The third-order valence-corrected chi connectivity index (χ3v) is 3.61. The SMILES string of the molecule is O=C(O)CCCC1Cc2ccc(Br)cc2C1=O. The van der Waals surface area contributed by atoms with E-state index in [-0.39, 0.29) is 18.1 Å². The smallest absolute Gasteiger partial charge is 0.303 e. The monoisotopic (exact) mass is 296 g/mol. The first-order chi connectivity index (χ1) is 8.08. The van der Waals surface area contributed by atoms with Gasteiger partial charge in [0.15, 0.2) is 5.78 Å². The second-order valence-electron chi connectivity index (χ2n) is 4.35. The van der Waals surface area contributed by atoms with E-state index in [1.54, 1.807) is 0 Å². The minimum absolute atomic E-state index is 0.0290. The van der Waals surface area contributed by atoms with Crippen LogP contribution in [0.3, 0.4) is 0 Å². The average molecular weight is 297 g/mol. The summed E-state index contributed by atoms with van der Waals surface area (Å²) in [5.74, 6) is -0.666. The predicted octanol–water partition coefficient (Wildman–Crippen LogP) is 3.06. The van der Waals surface area contributed by atoms with Crippen molar-refractivity contribution in [2.45, 2.75) is 25.7 Å². The van der Waals surface area contributed by atoms with Gasteiger partial charge >= 0.3 is 5.97 Å². The minimum Gasteiger partial charge on any atom is -0.481 e. The lowest BCUT2D eigenvalue weighted by Gasteiger charge is -2.05. The number of carbonyl (C=O) groups excluding carboxylic acids is 1. The van der Waals surface area contributed by atoms with Crippen LogP contribution < -0.4 is 0 Å². The molecule has 1 N–H and O–H groups in total. The molecular formula is C13H13BrO3. The molecule has 0 amide bonds. The Labute approximate surface area is 108 Å². The molecule has 0 heterocycles. The van der Waals surface area contributed by atoms with Gasteiger partial charge in [0.2, 0.25) is 0 Å². The Morgan fingerprint density at radius 2 is 2.24 bits per heavy atom. The van der Waals surface area contributed by atoms with Crippen molar-refractivity contribution in [3.8, 4) is 0 Å². The Morgan fingerprint density at radius 3 is 2.94 bits per heavy atom. The Balaban J connectivity index is 2.02. The van der Waals surface area contributed by atoms with Crippen LogP contribution in [-0.2, 0) is 11.2 Å². The largest absolute Gasteiger partial charge is 0.481 e. The van der Waals surface area contributed by atoms with Crippen molar-refractivity contribution in [3.63, 3.8) is 0 Å². The molecule has 1 aliphatic carbocycles. The topological polar surface area (TPSA) is 54.4 Å². The molecule has 4 heteroatoms. The number of carboxylic acids is 1. The predicted molar refractivity (Wildman–Crippen MR) is 67.2 cm³/mol. The van der Waals surface area contributed by atoms with E-state index < -0.39 is 5.97 Å². The summed E-state index contributed by atoms with van der Waals surface area (Å²) >= 11 is 3.35. The van der Waals surface area contributed by atoms with Gasteiger partial charge in [0.25, 0.3) is 0 Å². The third-order valence-electron chi connectivity index (χ3n) is 3.12. The molecule has 1 atom stereocenters. The van der Waals surface area contributed by atoms with Crippen LogP contribution in [0.2, 0.25) is 0 Å². The van der Waals surface area contributed by atoms with Crippen LogP contribution in [0.4, 0.5) is 0 Å². The van der Waals surface area contributed by atoms with Gasteiger partial charge in [0, 0.05) is 22.4 Å². The van der Waals surface area contributed by atoms with E-state index in [2.05, 4.69) is 15.9 Å². The molecule has 0 aliphatic heterocycles. The first-order valence-corrected chi connectivity index (χ1v) is 6.41. The van der Waals surface area contributed by atoms with Crippen molar-refractivity contribution in [2.75, 3.05) is 0 Å². The van der Waals surface area contributed by atoms with E-state index in [4.69, 9.17) is 5.11 Å². The van der Waals surface area contributed by atoms with Crippen molar-refractivity contribution in [2.24, 2.45) is 5.92 Å². The maximum atomic E-state index is 12.1. The van der Waals surface area contributed by atoms with E-state index >= 15 is 0 Å². The number of carboxylic acid groups (broad SMARTS) is 1. The molecule has 1 aromatic carbocycles. The number of hydrogen-bond acceptors (Lipinski definition) is 2. The highest BCUT2D eigenvalue weighted by Gasteiger charge is 2.29. The number of carbonyl (C=O) groups is 2. The Bertz CT molecular complexity index is 468. The summed E-state index contributed by atoms with van der Waals surface area (Å²) in [5, 5.41) is 8.57. The summed E-state index contributed by atoms with van der Waals surface area (Å²) in [6.45, 7) is 0. The summed E-state index contributed by atoms with van der Waals surface area (Å²) in [6.07, 6.45) is 2.13. The Kier molecular flexibility index (Phi) is 3.62. The molecule has 1 unspecified atom stereocenters. The zero-order valence-corrected chi connectivity index (χ0v) is 10.9. The van der Waals surface area contributed by atoms with Crippen molar-refractivity contribution < 1.29 is 14.7 Å². The van der Waals surface area contributed by atoms with Gasteiger partial charge < -0.3 is 5.11 Å². The highest BCUT2D eigenvalue weighted by molar-refractivity contribution is 9.10. The van der Waals surface area contributed by atoms with Gasteiger partial charge in [-0.15, -0.1) is 0 Å². The quantitative estimate of drug-likeness (QED) is 0.929. The third kappa shape index (κ3) is 2.75. The fraction of sp³-hybridized carbons (Fsp3) is 0.385. The Morgan fingerprint density at radius 1 is 1.47 bits per heavy atom. The van der Waals surface area contributed by atoms with Gasteiger partial charge in [-0.1, -0.05) is 22.0 Å². The lowest BCUT2D eigenvalue weighted by atomic mass is 9.98. The summed E-state index contributed by atoms with van der Waals surface area (Å²) < 4.78 is 0.913. The molecule has 0 bridgehead atoms. The molecule has 90 valence electrons. The minimum atomic E-state index is -0.796. The van der Waals surface area contributed by atoms with Crippen LogP contribution in [0.5, 0.6) is 0 Å². The van der Waals surface area contributed by atoms with E-state index in [1.165, 1.54) is 0 Å². The Hall–Kier alpha value is -1.16. The van der Waals surface area contributed by atoms with Crippen LogP contribution in [0, 0.1) is 5.92 Å². The molecule has 2 rings (SSSR count). The highest BCUT2D eigenvalue weighted by Crippen LogP contribution is 2.31. The van der Waals surface area contributed by atoms with Crippen molar-refractivity contribution in [3.05, 3.63) is 33.8 Å². The maximum Gasteiger partial charge on any atom is 0.303 e. The van der Waals surface area contributed by atoms with E-state index in [1.807, 2.05) is 18.2 Å². The number of halogens is 1. The van der Waals surface area contributed by atoms with Crippen LogP contribution in [0.15, 0.2) is 22.7 Å². The van der Waals surface area contributed by atoms with Gasteiger partial charge in [0.1, 0.15) is 0 Å². The van der Waals surface area contributed by atoms with Gasteiger partial charge in [0.05, 0.1) is 0 Å². The fourth-order valence-electron chi connectivity index (χ4n) is 2.27. The molecule has 0 saturated heterocycles. The second-order valence-corrected chi connectivity index (χ2v) is 5.27. The molecule has 0 saturated carbocycles. The number of fused-ring (bicyclic) bond motifs is 1. The molecule has 0 fully saturated rings. The van der Waals surface area contributed by atoms with E-state index in [0.29, 0.717) is 12.8 Å². The van der Waals surface area contributed by atoms with Gasteiger partial charge in [-0.25, -0.2) is 0 Å². The summed E-state index contributed by atoms with van der Waals surface area (Å²) in [4.78, 5) is 22.5. The first kappa shape index (κ1) is 12.3. The number of benzene rings is 1. The number of aliphatic carboxylic acids is 1. The summed E-state index contributed by atoms with van der Waals surface area (Å²) in [5.41, 5.74) is 1.87. The van der Waals surface area contributed by atoms with Gasteiger partial charge in [-0.3, -0.25) is 9.59 Å². The molecule has 1 aromatic rings. The number of rotatable bonds is 4. The van der Waals surface area contributed by atoms with Crippen LogP contribution in [-0.4, -0.2) is 16.9 Å². The number of hydrogen-bond donors (Lipinski definition) is 1. The summed E-state index contributed by atoms with van der Waals surface area (Å²) in [7, 11) is 0. The summed E-state index contributed by atoms with van der Waals surface area (Å²) in [6, 6.07) is 5.76. The number of ketones is 1. The highest BCUT2D eigenvalue weighted by atomic mass is 79.9. The van der Waals surface area contributed by atoms with Crippen molar-refractivity contribution in [1.29, 1.82) is 0 Å². The average Bonchev–Trinajstić information content (AvgIpc) is 2.56. The van der Waals surface area contributed by atoms with Crippen molar-refractivity contribution >= 4 is 27.7 Å². The molecular weight excluding hydrogens is 284 g/mol. The zero-order chi connectivity index (χ0) is 12.4. The molecule has 0 spiro atoms. The molecule has 0 aromatic heterocycles. The zero-order valence-electron chi connectivity index (χ0n) is 9.28. The van der Waals surface area contributed by atoms with Gasteiger partial charge in [-0.2, -0.15) is 0 Å². The normalized spacial score (nSPS) is 18.2. The maximum absolute atomic E-state index is 12.1. The van der Waals surface area contributed by atoms with Crippen LogP contribution >= 0.6 is 15.9 Å². The van der Waals surface area contributed by atoms with E-state index in [0.717, 1.165) is 22.0 Å². The van der Waals surface area contributed by atoms with E-state index in [9.17, 15) is 9.59 Å². The van der Waals surface area contributed by atoms with Crippen LogP contribution in [0.1, 0.15) is 35.2 Å². The molecule has 3 nitrogen and oxygen atoms in total. The van der Waals surface area contributed by atoms with Gasteiger partial charge in [-0.05, 0) is 37.0 Å². The van der Waals surface area contributed by atoms with Crippen LogP contribution in [0.25, 0.3) is 0 Å². The lowest BCUT2D eigenvalue weighted by molar-refractivity contribution is -0.137. The standard InChI is InChI=1S/C13H13BrO3/c14-10-5-4-8-6-9(2-1-3-12(15)16)13(17)11(8)7-10/h4-5,7,9H,1-3,6H2,(H,15,16). The first-order valence-electron chi connectivity index (χ1n) is 5.62. The fourth-order valence-corrected chi connectivity index (χ4v) is 2.63. The lowest BCUT2D eigenvalue weighted by Crippen LogP contribution is -2.09. The molecule has 1 aliphatic rings. The van der Waals surface area contributed by atoms with Crippen molar-refractivity contribution in [1.82, 2.24) is 0 Å². The second kappa shape index (κ2) is 5.00.